The number of methoxy groups -OCH3 is 2. The maximum atomic E-state index is 13.9. The molecule has 41 heavy (non-hydrogen) atoms. The number of ether oxygens (including phenoxy) is 2. The molecule has 1 saturated carbocycles. The van der Waals surface area contributed by atoms with Crippen molar-refractivity contribution in [3.8, 4) is 11.5 Å². The molecule has 3 aromatic carbocycles. The Hall–Kier alpha value is -3.71. The largest absolute Gasteiger partial charge is 0.493 e. The minimum atomic E-state index is -0.116. The van der Waals surface area contributed by atoms with Crippen LogP contribution in [-0.4, -0.2) is 48.8 Å². The van der Waals surface area contributed by atoms with E-state index < -0.39 is 0 Å². The van der Waals surface area contributed by atoms with Crippen molar-refractivity contribution in [1.29, 1.82) is 0 Å². The number of amides is 2. The normalized spacial score (nSPS) is 21.3. The summed E-state index contributed by atoms with van der Waals surface area (Å²) in [4.78, 5) is 30.0. The summed E-state index contributed by atoms with van der Waals surface area (Å²) in [6.07, 6.45) is 5.11. The van der Waals surface area contributed by atoms with Crippen molar-refractivity contribution in [3.05, 3.63) is 100.0 Å². The van der Waals surface area contributed by atoms with E-state index in [-0.39, 0.29) is 29.0 Å². The predicted octanol–water partition coefficient (Wildman–Crippen LogP) is 6.02. The molecule has 0 spiro atoms. The Balaban J connectivity index is 1.28. The number of nitrogens with one attached hydrogen (secondary N) is 1. The first-order chi connectivity index (χ1) is 19.9. The molecule has 1 heterocycles. The van der Waals surface area contributed by atoms with Crippen molar-refractivity contribution in [1.82, 2.24) is 10.2 Å². The summed E-state index contributed by atoms with van der Waals surface area (Å²) >= 11 is 1.69. The van der Waals surface area contributed by atoms with Crippen LogP contribution in [-0.2, 0) is 22.6 Å². The Bertz CT molecular complexity index is 1410. The molecule has 0 aromatic heterocycles. The second-order valence-electron chi connectivity index (χ2n) is 10.8. The molecule has 2 amide bonds. The highest BCUT2D eigenvalue weighted by Gasteiger charge is 2.44. The third-order valence-corrected chi connectivity index (χ3v) is 9.37. The first-order valence-corrected chi connectivity index (χ1v) is 15.1. The van der Waals surface area contributed by atoms with E-state index in [4.69, 9.17) is 9.47 Å². The fourth-order valence-electron chi connectivity index (χ4n) is 5.83. The third kappa shape index (κ3) is 6.96. The molecule has 1 aliphatic heterocycles. The van der Waals surface area contributed by atoms with Gasteiger partial charge in [-0.05, 0) is 67.5 Å². The van der Waals surface area contributed by atoms with Crippen molar-refractivity contribution >= 4 is 29.7 Å². The molecular formula is C34H38N2O4S. The van der Waals surface area contributed by atoms with Crippen molar-refractivity contribution in [2.24, 2.45) is 5.92 Å². The zero-order chi connectivity index (χ0) is 28.8. The van der Waals surface area contributed by atoms with E-state index in [2.05, 4.69) is 30.4 Å². The van der Waals surface area contributed by atoms with Gasteiger partial charge in [0, 0.05) is 30.3 Å². The standard InChI is InChI=1S/C34H38N2O4S/c1-23-8-7-11-26(18-23)22-36-28-21-27(33(37)35-17-16-25-12-14-29(39-2)30(19-25)40-3)13-15-31(28)41-32(34(36)38)20-24-9-5-4-6-10-24/h4-12,14,18-20,27-28,31H,13,15-17,21-22H2,1-3H3,(H,35,37)/b32-20+. The second kappa shape index (κ2) is 13.3. The molecule has 3 atom stereocenters. The number of hydrogen-bond donors (Lipinski definition) is 1. The summed E-state index contributed by atoms with van der Waals surface area (Å²) in [7, 11) is 3.24. The zero-order valence-electron chi connectivity index (χ0n) is 24.0. The van der Waals surface area contributed by atoms with Gasteiger partial charge in [0.25, 0.3) is 5.91 Å². The maximum Gasteiger partial charge on any atom is 0.260 e. The lowest BCUT2D eigenvalue weighted by Gasteiger charge is -2.46. The number of benzene rings is 3. The van der Waals surface area contributed by atoms with Crippen LogP contribution in [0, 0.1) is 12.8 Å². The topological polar surface area (TPSA) is 67.9 Å². The van der Waals surface area contributed by atoms with Gasteiger partial charge in [-0.2, -0.15) is 0 Å². The van der Waals surface area contributed by atoms with Crippen molar-refractivity contribution in [3.63, 3.8) is 0 Å². The van der Waals surface area contributed by atoms with E-state index in [1.54, 1.807) is 26.0 Å². The first-order valence-electron chi connectivity index (χ1n) is 14.2. The van der Waals surface area contributed by atoms with E-state index in [1.807, 2.05) is 65.6 Å². The average Bonchev–Trinajstić information content (AvgIpc) is 2.99. The quantitative estimate of drug-likeness (QED) is 0.319. The summed E-state index contributed by atoms with van der Waals surface area (Å²) in [5.74, 6) is 1.38. The second-order valence-corrected chi connectivity index (χ2v) is 12.1. The lowest BCUT2D eigenvalue weighted by molar-refractivity contribution is -0.133. The SMILES string of the molecule is COc1ccc(CCNC(=O)C2CCC3S/C(=C/c4ccccc4)C(=O)N(Cc4cccc(C)c4)C3C2)cc1OC. The molecule has 214 valence electrons. The van der Waals surface area contributed by atoms with Crippen LogP contribution in [0.4, 0.5) is 0 Å². The smallest absolute Gasteiger partial charge is 0.260 e. The van der Waals surface area contributed by atoms with E-state index in [1.165, 1.54) is 5.56 Å². The highest BCUT2D eigenvalue weighted by atomic mass is 32.2. The highest BCUT2D eigenvalue weighted by Crippen LogP contribution is 2.44. The van der Waals surface area contributed by atoms with Crippen LogP contribution in [0.15, 0.2) is 77.7 Å². The van der Waals surface area contributed by atoms with Crippen molar-refractivity contribution in [2.45, 2.75) is 50.4 Å². The molecule has 7 heteroatoms. The number of aryl methyl sites for hydroxylation is 1. The molecule has 6 nitrogen and oxygen atoms in total. The molecule has 5 rings (SSSR count). The number of nitrogens with zero attached hydrogens (tertiary/aromatic N) is 1. The van der Waals surface area contributed by atoms with E-state index >= 15 is 0 Å². The predicted molar refractivity (Wildman–Crippen MR) is 165 cm³/mol. The molecule has 0 radical (unpaired) electrons. The lowest BCUT2D eigenvalue weighted by atomic mass is 9.83. The van der Waals surface area contributed by atoms with Gasteiger partial charge >= 0.3 is 0 Å². The van der Waals surface area contributed by atoms with E-state index in [0.29, 0.717) is 37.4 Å². The summed E-state index contributed by atoms with van der Waals surface area (Å²) < 4.78 is 10.7. The number of carbonyl (C=O) groups is 2. The van der Waals surface area contributed by atoms with Gasteiger partial charge in [-0.3, -0.25) is 9.59 Å². The highest BCUT2D eigenvalue weighted by molar-refractivity contribution is 8.04. The van der Waals surface area contributed by atoms with Crippen LogP contribution < -0.4 is 14.8 Å². The number of hydrogen-bond acceptors (Lipinski definition) is 5. The molecule has 3 unspecified atom stereocenters. The Morgan fingerprint density at radius 3 is 2.54 bits per heavy atom. The molecular weight excluding hydrogens is 532 g/mol. The van der Waals surface area contributed by atoms with Gasteiger partial charge in [0.05, 0.1) is 19.1 Å². The average molecular weight is 571 g/mol. The van der Waals surface area contributed by atoms with Crippen LogP contribution in [0.5, 0.6) is 11.5 Å². The van der Waals surface area contributed by atoms with E-state index in [0.717, 1.165) is 34.4 Å². The number of carbonyl (C=O) groups excluding carboxylic acids is 2. The summed E-state index contributed by atoms with van der Waals surface area (Å²) in [5, 5.41) is 3.42. The van der Waals surface area contributed by atoms with E-state index in [9.17, 15) is 9.59 Å². The number of fused-ring (bicyclic) bond motifs is 1. The molecule has 0 bridgehead atoms. The molecule has 2 aliphatic rings. The van der Waals surface area contributed by atoms with Crippen LogP contribution in [0.2, 0.25) is 0 Å². The Morgan fingerprint density at radius 2 is 1.78 bits per heavy atom. The Morgan fingerprint density at radius 1 is 0.976 bits per heavy atom. The van der Waals surface area contributed by atoms with Crippen LogP contribution in [0.1, 0.15) is 41.5 Å². The molecule has 1 aliphatic carbocycles. The van der Waals surface area contributed by atoms with Gasteiger partial charge < -0.3 is 19.7 Å². The van der Waals surface area contributed by atoms with Gasteiger partial charge in [-0.1, -0.05) is 66.2 Å². The van der Waals surface area contributed by atoms with Gasteiger partial charge in [-0.15, -0.1) is 11.8 Å². The third-order valence-electron chi connectivity index (χ3n) is 7.97. The summed E-state index contributed by atoms with van der Waals surface area (Å²) in [5.41, 5.74) is 4.39. The number of rotatable bonds is 9. The van der Waals surface area contributed by atoms with Gasteiger partial charge in [-0.25, -0.2) is 0 Å². The fraction of sp³-hybridized carbons (Fsp3) is 0.353. The van der Waals surface area contributed by atoms with Crippen molar-refractivity contribution < 1.29 is 19.1 Å². The minimum absolute atomic E-state index is 0.0104. The Labute approximate surface area is 247 Å². The van der Waals surface area contributed by atoms with Crippen LogP contribution in [0.3, 0.4) is 0 Å². The molecule has 2 fully saturated rings. The van der Waals surface area contributed by atoms with Gasteiger partial charge in [0.15, 0.2) is 11.5 Å². The van der Waals surface area contributed by atoms with Gasteiger partial charge in [0.1, 0.15) is 0 Å². The van der Waals surface area contributed by atoms with Crippen LogP contribution in [0.25, 0.3) is 6.08 Å². The molecule has 1 saturated heterocycles. The lowest BCUT2D eigenvalue weighted by Crippen LogP contribution is -2.53. The Kier molecular flexibility index (Phi) is 9.35. The minimum Gasteiger partial charge on any atom is -0.493 e. The fourth-order valence-corrected chi connectivity index (χ4v) is 7.25. The monoisotopic (exact) mass is 570 g/mol. The molecule has 1 N–H and O–H groups in total. The van der Waals surface area contributed by atoms with Crippen molar-refractivity contribution in [2.75, 3.05) is 20.8 Å². The maximum absolute atomic E-state index is 13.9. The zero-order valence-corrected chi connectivity index (χ0v) is 24.8. The van der Waals surface area contributed by atoms with Crippen LogP contribution >= 0.6 is 11.8 Å². The summed E-state index contributed by atoms with van der Waals surface area (Å²) in [6, 6.07) is 24.2. The van der Waals surface area contributed by atoms with Gasteiger partial charge in [0.2, 0.25) is 5.91 Å². The summed E-state index contributed by atoms with van der Waals surface area (Å²) in [6.45, 7) is 3.16. The number of thioether (sulfide) groups is 1. The molecule has 3 aromatic rings. The first kappa shape index (κ1) is 28.8.